The zero-order chi connectivity index (χ0) is 23.6. The number of hydrogen-bond acceptors (Lipinski definition) is 8. The number of morpholine rings is 1. The molecule has 4 rings (SSSR count). The van der Waals surface area contributed by atoms with Crippen LogP contribution in [0.25, 0.3) is 0 Å². The van der Waals surface area contributed by atoms with Crippen LogP contribution in [0.4, 0.5) is 17.5 Å². The fraction of sp³-hybridized carbons (Fsp3) is 0.478. The van der Waals surface area contributed by atoms with Gasteiger partial charge in [-0.05, 0) is 44.9 Å². The maximum Gasteiger partial charge on any atom is 0.254 e. The number of primary amides is 1. The van der Waals surface area contributed by atoms with Crippen LogP contribution < -0.4 is 21.7 Å². The summed E-state index contributed by atoms with van der Waals surface area (Å²) in [5.74, 6) is 0.0670. The Kier molecular flexibility index (Phi) is 6.48. The Morgan fingerprint density at radius 3 is 2.82 bits per heavy atom. The lowest BCUT2D eigenvalue weighted by Gasteiger charge is -2.42. The number of ether oxygens (including phenoxy) is 1. The first-order valence-electron chi connectivity index (χ1n) is 11.2. The molecule has 176 valence electrons. The van der Waals surface area contributed by atoms with Crippen LogP contribution >= 0.6 is 0 Å². The molecule has 0 radical (unpaired) electrons. The van der Waals surface area contributed by atoms with Crippen LogP contribution in [0, 0.1) is 0 Å². The molecule has 2 saturated heterocycles. The molecule has 3 heterocycles. The highest BCUT2D eigenvalue weighted by Gasteiger charge is 2.34. The topological polar surface area (TPSA) is 140 Å². The van der Waals surface area contributed by atoms with Gasteiger partial charge in [-0.2, -0.15) is 4.98 Å². The summed E-state index contributed by atoms with van der Waals surface area (Å²) in [5.41, 5.74) is 12.6. The van der Waals surface area contributed by atoms with Crippen molar-refractivity contribution in [2.45, 2.75) is 38.3 Å². The normalized spacial score (nSPS) is 20.4. The summed E-state index contributed by atoms with van der Waals surface area (Å²) in [6.07, 6.45) is 3.34. The van der Waals surface area contributed by atoms with Gasteiger partial charge in [0.1, 0.15) is 11.4 Å². The number of benzene rings is 1. The largest absolute Gasteiger partial charge is 0.377 e. The highest BCUT2D eigenvalue weighted by molar-refractivity contribution is 5.99. The number of rotatable bonds is 5. The lowest BCUT2D eigenvalue weighted by Crippen LogP contribution is -2.55. The smallest absolute Gasteiger partial charge is 0.254 e. The van der Waals surface area contributed by atoms with E-state index < -0.39 is 11.4 Å². The van der Waals surface area contributed by atoms with Crippen LogP contribution in [0.5, 0.6) is 0 Å². The summed E-state index contributed by atoms with van der Waals surface area (Å²) in [7, 11) is 0. The second kappa shape index (κ2) is 9.32. The predicted molar refractivity (Wildman–Crippen MR) is 126 cm³/mol. The second-order valence-corrected chi connectivity index (χ2v) is 9.17. The van der Waals surface area contributed by atoms with Gasteiger partial charge in [-0.1, -0.05) is 6.07 Å². The molecule has 5 N–H and O–H groups in total. The fourth-order valence-corrected chi connectivity index (χ4v) is 4.25. The van der Waals surface area contributed by atoms with Crippen molar-refractivity contribution < 1.29 is 14.3 Å². The highest BCUT2D eigenvalue weighted by Crippen LogP contribution is 2.26. The second-order valence-electron chi connectivity index (χ2n) is 9.17. The van der Waals surface area contributed by atoms with Crippen LogP contribution in [-0.2, 0) is 4.74 Å². The average Bonchev–Trinajstić information content (AvgIpc) is 2.78. The molecule has 2 aromatic rings. The molecular weight excluding hydrogens is 422 g/mol. The van der Waals surface area contributed by atoms with Gasteiger partial charge in [0.15, 0.2) is 0 Å². The number of amides is 2. The number of aromatic nitrogens is 2. The van der Waals surface area contributed by atoms with E-state index >= 15 is 0 Å². The van der Waals surface area contributed by atoms with E-state index in [1.165, 1.54) is 6.20 Å². The molecule has 2 aliphatic rings. The van der Waals surface area contributed by atoms with E-state index in [0.29, 0.717) is 49.3 Å². The molecule has 2 fully saturated rings. The first-order chi connectivity index (χ1) is 15.7. The van der Waals surface area contributed by atoms with Gasteiger partial charge in [0, 0.05) is 43.1 Å². The van der Waals surface area contributed by atoms with Gasteiger partial charge < -0.3 is 31.3 Å². The number of nitrogens with one attached hydrogen (secondary N) is 1. The number of hydrogen-bond donors (Lipinski definition) is 3. The predicted octanol–water partition coefficient (Wildman–Crippen LogP) is 1.50. The van der Waals surface area contributed by atoms with E-state index in [2.05, 4.69) is 15.3 Å². The molecule has 10 heteroatoms. The highest BCUT2D eigenvalue weighted by atomic mass is 16.5. The zero-order valence-corrected chi connectivity index (χ0v) is 19.1. The van der Waals surface area contributed by atoms with Crippen molar-refractivity contribution in [3.05, 3.63) is 41.6 Å². The third kappa shape index (κ3) is 5.07. The number of carbonyl (C=O) groups is 2. The number of nitrogens with zero attached hydrogens (tertiary/aromatic N) is 4. The molecule has 10 nitrogen and oxygen atoms in total. The molecule has 0 spiro atoms. The summed E-state index contributed by atoms with van der Waals surface area (Å²) < 4.78 is 5.53. The van der Waals surface area contributed by atoms with Crippen molar-refractivity contribution in [2.75, 3.05) is 43.1 Å². The molecule has 0 saturated carbocycles. The Bertz CT molecular complexity index is 1040. The Hall–Kier alpha value is -3.24. The van der Waals surface area contributed by atoms with E-state index in [4.69, 9.17) is 16.2 Å². The molecule has 2 aliphatic heterocycles. The van der Waals surface area contributed by atoms with E-state index in [-0.39, 0.29) is 17.5 Å². The standard InChI is InChI=1S/C23H31N7O3/c1-23(2)14-33-10-9-30(23)21(32)15-5-3-7-17(11-15)27-20-18(19(25)31)12-26-22(28-20)29-8-4-6-16(24)13-29/h3,5,7,11-12,16H,4,6,8-10,13-14,24H2,1-2H3,(H2,25,31)(H,26,27,28)/t16-/m0/s1. The van der Waals surface area contributed by atoms with Crippen molar-refractivity contribution in [2.24, 2.45) is 11.5 Å². The zero-order valence-electron chi connectivity index (χ0n) is 19.1. The molecule has 2 amide bonds. The summed E-state index contributed by atoms with van der Waals surface area (Å²) in [5, 5.41) is 3.16. The molecule has 33 heavy (non-hydrogen) atoms. The Morgan fingerprint density at radius 1 is 1.27 bits per heavy atom. The summed E-state index contributed by atoms with van der Waals surface area (Å²) >= 11 is 0. The van der Waals surface area contributed by atoms with Crippen LogP contribution in [0.3, 0.4) is 0 Å². The number of piperidine rings is 1. The van der Waals surface area contributed by atoms with Gasteiger partial charge in [-0.3, -0.25) is 9.59 Å². The van der Waals surface area contributed by atoms with E-state index in [1.807, 2.05) is 29.7 Å². The number of carbonyl (C=O) groups excluding carboxylic acids is 2. The van der Waals surface area contributed by atoms with Gasteiger partial charge in [0.2, 0.25) is 5.95 Å². The van der Waals surface area contributed by atoms with Crippen LogP contribution in [0.1, 0.15) is 47.4 Å². The Balaban J connectivity index is 1.60. The molecule has 0 aliphatic carbocycles. The monoisotopic (exact) mass is 453 g/mol. The van der Waals surface area contributed by atoms with Crippen molar-refractivity contribution >= 4 is 29.3 Å². The lowest BCUT2D eigenvalue weighted by molar-refractivity contribution is -0.0370. The van der Waals surface area contributed by atoms with E-state index in [9.17, 15) is 9.59 Å². The maximum absolute atomic E-state index is 13.2. The summed E-state index contributed by atoms with van der Waals surface area (Å²) in [6.45, 7) is 6.95. The molecule has 0 bridgehead atoms. The first-order valence-corrected chi connectivity index (χ1v) is 11.2. The Labute approximate surface area is 193 Å². The van der Waals surface area contributed by atoms with Gasteiger partial charge in [-0.25, -0.2) is 4.98 Å². The van der Waals surface area contributed by atoms with Crippen molar-refractivity contribution in [1.82, 2.24) is 14.9 Å². The number of nitrogens with two attached hydrogens (primary N) is 2. The minimum absolute atomic E-state index is 0.0571. The summed E-state index contributed by atoms with van der Waals surface area (Å²) in [6, 6.07) is 7.18. The van der Waals surface area contributed by atoms with Crippen LogP contribution in [0.15, 0.2) is 30.5 Å². The van der Waals surface area contributed by atoms with Crippen molar-refractivity contribution in [3.63, 3.8) is 0 Å². The maximum atomic E-state index is 13.2. The SMILES string of the molecule is CC1(C)COCCN1C(=O)c1cccc(Nc2nc(N3CCC[C@H](N)C3)ncc2C(N)=O)c1. The van der Waals surface area contributed by atoms with Gasteiger partial charge in [-0.15, -0.1) is 0 Å². The number of anilines is 3. The van der Waals surface area contributed by atoms with Gasteiger partial charge in [0.05, 0.1) is 18.8 Å². The quantitative estimate of drug-likeness (QED) is 0.619. The van der Waals surface area contributed by atoms with Crippen LogP contribution in [0.2, 0.25) is 0 Å². The van der Waals surface area contributed by atoms with Crippen molar-refractivity contribution in [3.8, 4) is 0 Å². The van der Waals surface area contributed by atoms with Crippen LogP contribution in [-0.4, -0.2) is 71.1 Å². The third-order valence-electron chi connectivity index (χ3n) is 6.04. The Morgan fingerprint density at radius 2 is 2.09 bits per heavy atom. The van der Waals surface area contributed by atoms with Crippen molar-refractivity contribution in [1.29, 1.82) is 0 Å². The first kappa shape index (κ1) is 22.9. The molecule has 1 aromatic heterocycles. The molecule has 0 unspecified atom stereocenters. The fourth-order valence-electron chi connectivity index (χ4n) is 4.25. The van der Waals surface area contributed by atoms with Gasteiger partial charge in [0.25, 0.3) is 11.8 Å². The minimum Gasteiger partial charge on any atom is -0.377 e. The van der Waals surface area contributed by atoms with E-state index in [0.717, 1.165) is 19.4 Å². The van der Waals surface area contributed by atoms with Gasteiger partial charge >= 0.3 is 0 Å². The third-order valence-corrected chi connectivity index (χ3v) is 6.04. The summed E-state index contributed by atoms with van der Waals surface area (Å²) in [4.78, 5) is 37.9. The molecule has 1 atom stereocenters. The van der Waals surface area contributed by atoms with E-state index in [1.54, 1.807) is 18.2 Å². The lowest BCUT2D eigenvalue weighted by atomic mass is 10.0. The minimum atomic E-state index is -0.637. The average molecular weight is 454 g/mol. The molecule has 1 aromatic carbocycles. The molecular formula is C23H31N7O3.